The van der Waals surface area contributed by atoms with Crippen LogP contribution in [0.1, 0.15) is 45.0 Å². The molecule has 0 saturated carbocycles. The second-order valence-corrected chi connectivity index (χ2v) is 11.2. The zero-order valence-corrected chi connectivity index (χ0v) is 26.0. The van der Waals surface area contributed by atoms with E-state index >= 15 is 0 Å². The Hall–Kier alpha value is -3.55. The molecule has 0 saturated heterocycles. The normalized spacial score (nSPS) is 11.7. The van der Waals surface area contributed by atoms with Gasteiger partial charge in [0.25, 0.3) is 0 Å². The molecular formula is C35H37Cl2NO5. The number of carboxylic acids is 1. The third-order valence-corrected chi connectivity index (χ3v) is 7.84. The summed E-state index contributed by atoms with van der Waals surface area (Å²) >= 11 is 12.5. The Labute approximate surface area is 263 Å². The highest BCUT2D eigenvalue weighted by molar-refractivity contribution is 6.37. The van der Waals surface area contributed by atoms with Gasteiger partial charge in [0, 0.05) is 19.6 Å². The van der Waals surface area contributed by atoms with Gasteiger partial charge in [-0.3, -0.25) is 0 Å². The maximum atomic E-state index is 12.4. The Morgan fingerprint density at radius 3 is 2.26 bits per heavy atom. The van der Waals surface area contributed by atoms with Gasteiger partial charge in [-0.15, -0.1) is 0 Å². The molecule has 0 bridgehead atoms. The minimum absolute atomic E-state index is 0.0479. The fraction of sp³-hybridized carbons (Fsp3) is 0.286. The molecule has 1 atom stereocenters. The monoisotopic (exact) mass is 621 g/mol. The molecular weight excluding hydrogens is 585 g/mol. The number of aromatic carboxylic acids is 1. The molecule has 4 rings (SSSR count). The molecule has 0 radical (unpaired) electrons. The van der Waals surface area contributed by atoms with Crippen molar-refractivity contribution in [2.75, 3.05) is 33.5 Å². The fourth-order valence-corrected chi connectivity index (χ4v) is 5.81. The van der Waals surface area contributed by atoms with E-state index in [4.69, 9.17) is 43.1 Å². The van der Waals surface area contributed by atoms with Crippen LogP contribution >= 0.6 is 23.2 Å². The van der Waals surface area contributed by atoms with E-state index in [1.807, 2.05) is 67.6 Å². The molecule has 4 aromatic carbocycles. The van der Waals surface area contributed by atoms with Crippen LogP contribution in [-0.2, 0) is 17.6 Å². The van der Waals surface area contributed by atoms with Crippen LogP contribution in [0.2, 0.25) is 10.0 Å². The molecule has 226 valence electrons. The molecule has 43 heavy (non-hydrogen) atoms. The fourth-order valence-electron chi connectivity index (χ4n) is 5.11. The molecule has 0 aliphatic heterocycles. The minimum Gasteiger partial charge on any atom is -0.490 e. The summed E-state index contributed by atoms with van der Waals surface area (Å²) in [5, 5.41) is 11.1. The summed E-state index contributed by atoms with van der Waals surface area (Å²) in [7, 11) is 1.68. The van der Waals surface area contributed by atoms with Crippen molar-refractivity contribution in [1.29, 1.82) is 0 Å². The first-order valence-corrected chi connectivity index (χ1v) is 15.0. The van der Waals surface area contributed by atoms with Gasteiger partial charge in [-0.25, -0.2) is 4.79 Å². The van der Waals surface area contributed by atoms with Crippen molar-refractivity contribution in [3.05, 3.63) is 117 Å². The number of carboxylic acid groups (broad SMARTS) is 1. The zero-order chi connectivity index (χ0) is 30.8. The number of hydrogen-bond donors (Lipinski definition) is 2. The first-order valence-electron chi connectivity index (χ1n) is 14.3. The Bertz CT molecular complexity index is 1500. The first kappa shape index (κ1) is 32.4. The highest BCUT2D eigenvalue weighted by Crippen LogP contribution is 2.34. The average Bonchev–Trinajstić information content (AvgIpc) is 3.00. The highest BCUT2D eigenvalue weighted by atomic mass is 35.5. The standard InChI is InChI=1S/C35H37Cl2NO5/c1-23-18-32(36)34(33(37)19-23)43-17-16-42-28-12-9-24(10-13-28)20-27(22-38)26-11-14-30(31(21-26)35(39)40)29-8-4-3-6-25(29)7-5-15-41-2/h3-4,6,8-14,18-19,21,27H,5,7,15-17,20,22,38H2,1-2H3,(H,39,40). The molecule has 3 N–H and O–H groups in total. The minimum atomic E-state index is -0.961. The summed E-state index contributed by atoms with van der Waals surface area (Å²) in [5.41, 5.74) is 12.1. The molecule has 0 fully saturated rings. The molecule has 0 spiro atoms. The number of carbonyl (C=O) groups is 1. The lowest BCUT2D eigenvalue weighted by Crippen LogP contribution is -2.16. The maximum absolute atomic E-state index is 12.4. The van der Waals surface area contributed by atoms with Crippen LogP contribution in [0.4, 0.5) is 0 Å². The molecule has 0 heterocycles. The van der Waals surface area contributed by atoms with Crippen molar-refractivity contribution >= 4 is 29.2 Å². The van der Waals surface area contributed by atoms with E-state index in [2.05, 4.69) is 0 Å². The number of hydrogen-bond acceptors (Lipinski definition) is 5. The zero-order valence-electron chi connectivity index (χ0n) is 24.4. The number of nitrogens with two attached hydrogens (primary N) is 1. The smallest absolute Gasteiger partial charge is 0.336 e. The first-order chi connectivity index (χ1) is 20.8. The van der Waals surface area contributed by atoms with Crippen molar-refractivity contribution in [1.82, 2.24) is 0 Å². The van der Waals surface area contributed by atoms with Crippen molar-refractivity contribution < 1.29 is 24.1 Å². The Morgan fingerprint density at radius 2 is 1.58 bits per heavy atom. The Morgan fingerprint density at radius 1 is 0.884 bits per heavy atom. The second kappa shape index (κ2) is 15.8. The number of aryl methyl sites for hydroxylation is 2. The highest BCUT2D eigenvalue weighted by Gasteiger charge is 2.19. The maximum Gasteiger partial charge on any atom is 0.336 e. The lowest BCUT2D eigenvalue weighted by atomic mass is 9.87. The van der Waals surface area contributed by atoms with Gasteiger partial charge < -0.3 is 25.1 Å². The topological polar surface area (TPSA) is 91.0 Å². The molecule has 4 aromatic rings. The van der Waals surface area contributed by atoms with Gasteiger partial charge in [0.1, 0.15) is 19.0 Å². The summed E-state index contributed by atoms with van der Waals surface area (Å²) in [6, 6.07) is 25.0. The van der Waals surface area contributed by atoms with E-state index in [1.165, 1.54) is 0 Å². The summed E-state index contributed by atoms with van der Waals surface area (Å²) in [6.07, 6.45) is 2.33. The summed E-state index contributed by atoms with van der Waals surface area (Å²) < 4.78 is 16.8. The third kappa shape index (κ3) is 8.74. The summed E-state index contributed by atoms with van der Waals surface area (Å²) in [5.74, 6) is 0.149. The number of ether oxygens (including phenoxy) is 3. The van der Waals surface area contributed by atoms with E-state index in [0.717, 1.165) is 40.7 Å². The van der Waals surface area contributed by atoms with Crippen molar-refractivity contribution in [3.8, 4) is 22.6 Å². The lowest BCUT2D eigenvalue weighted by Gasteiger charge is -2.19. The van der Waals surface area contributed by atoms with Gasteiger partial charge >= 0.3 is 5.97 Å². The van der Waals surface area contributed by atoms with Crippen LogP contribution in [-0.4, -0.2) is 44.6 Å². The molecule has 0 aliphatic carbocycles. The van der Waals surface area contributed by atoms with E-state index in [1.54, 1.807) is 25.3 Å². The number of methoxy groups -OCH3 is 1. The number of rotatable bonds is 15. The van der Waals surface area contributed by atoms with E-state index < -0.39 is 5.97 Å². The van der Waals surface area contributed by atoms with Gasteiger partial charge in [0.15, 0.2) is 5.75 Å². The van der Waals surface area contributed by atoms with Crippen LogP contribution in [0.25, 0.3) is 11.1 Å². The van der Waals surface area contributed by atoms with Gasteiger partial charge in [0.2, 0.25) is 0 Å². The molecule has 0 aliphatic rings. The summed E-state index contributed by atoms with van der Waals surface area (Å²) in [6.45, 7) is 3.56. The Balaban J connectivity index is 1.41. The summed E-state index contributed by atoms with van der Waals surface area (Å²) in [4.78, 5) is 12.4. The molecule has 8 heteroatoms. The van der Waals surface area contributed by atoms with Gasteiger partial charge in [-0.2, -0.15) is 0 Å². The predicted octanol–water partition coefficient (Wildman–Crippen LogP) is 7.99. The van der Waals surface area contributed by atoms with Crippen LogP contribution in [0, 0.1) is 6.92 Å². The van der Waals surface area contributed by atoms with Crippen LogP contribution in [0.5, 0.6) is 11.5 Å². The SMILES string of the molecule is COCCCc1ccccc1-c1ccc(C(CN)Cc2ccc(OCCOc3c(Cl)cc(C)cc3Cl)cc2)cc1C(=O)O. The predicted molar refractivity (Wildman–Crippen MR) is 173 cm³/mol. The molecule has 6 nitrogen and oxygen atoms in total. The quantitative estimate of drug-likeness (QED) is 0.131. The third-order valence-electron chi connectivity index (χ3n) is 7.28. The van der Waals surface area contributed by atoms with E-state index in [0.29, 0.717) is 59.9 Å². The van der Waals surface area contributed by atoms with Gasteiger partial charge in [0.05, 0.1) is 15.6 Å². The van der Waals surface area contributed by atoms with Crippen LogP contribution < -0.4 is 15.2 Å². The average molecular weight is 623 g/mol. The Kier molecular flexibility index (Phi) is 11.9. The van der Waals surface area contributed by atoms with Crippen LogP contribution in [0.15, 0.2) is 78.9 Å². The van der Waals surface area contributed by atoms with E-state index in [9.17, 15) is 9.90 Å². The van der Waals surface area contributed by atoms with Gasteiger partial charge in [-0.05, 0) is 96.4 Å². The molecule has 0 amide bonds. The van der Waals surface area contributed by atoms with Crippen LogP contribution in [0.3, 0.4) is 0 Å². The van der Waals surface area contributed by atoms with Gasteiger partial charge in [-0.1, -0.05) is 71.7 Å². The lowest BCUT2D eigenvalue weighted by molar-refractivity contribution is 0.0697. The molecule has 0 aromatic heterocycles. The van der Waals surface area contributed by atoms with Crippen molar-refractivity contribution in [2.24, 2.45) is 5.73 Å². The number of benzene rings is 4. The molecule has 1 unspecified atom stereocenters. The second-order valence-electron chi connectivity index (χ2n) is 10.4. The van der Waals surface area contributed by atoms with Crippen molar-refractivity contribution in [2.45, 2.75) is 32.1 Å². The largest absolute Gasteiger partial charge is 0.490 e. The number of halogens is 2. The van der Waals surface area contributed by atoms with E-state index in [-0.39, 0.29) is 11.5 Å². The van der Waals surface area contributed by atoms with Crippen molar-refractivity contribution in [3.63, 3.8) is 0 Å².